The largest absolute Gasteiger partial charge is 0.481 e. The van der Waals surface area contributed by atoms with Crippen LogP contribution in [0.3, 0.4) is 0 Å². The highest BCUT2D eigenvalue weighted by atomic mass is 16.4. The predicted octanol–water partition coefficient (Wildman–Crippen LogP) is 7.89. The first-order valence-electron chi connectivity index (χ1n) is 11.9. The van der Waals surface area contributed by atoms with Gasteiger partial charge >= 0.3 is 11.9 Å². The fraction of sp³-hybridized carbons (Fsp3) is 0.556. The first-order valence-corrected chi connectivity index (χ1v) is 11.9. The highest BCUT2D eigenvalue weighted by molar-refractivity contribution is 5.85. The van der Waals surface area contributed by atoms with Crippen molar-refractivity contribution in [2.75, 3.05) is 0 Å². The molecule has 0 saturated carbocycles. The molecule has 0 aliphatic carbocycles. The number of benzene rings is 1. The summed E-state index contributed by atoms with van der Waals surface area (Å²) in [6.07, 6.45) is 23.9. The third-order valence-electron chi connectivity index (χ3n) is 4.87. The number of aliphatic carboxylic acids is 2. The van der Waals surface area contributed by atoms with Crippen LogP contribution in [0, 0.1) is 0 Å². The topological polar surface area (TPSA) is 74.6 Å². The van der Waals surface area contributed by atoms with Gasteiger partial charge in [0, 0.05) is 12.5 Å². The lowest BCUT2D eigenvalue weighted by Gasteiger charge is -1.99. The molecule has 31 heavy (non-hydrogen) atoms. The van der Waals surface area contributed by atoms with Crippen molar-refractivity contribution in [3.63, 3.8) is 0 Å². The van der Waals surface area contributed by atoms with Crippen molar-refractivity contribution in [3.8, 4) is 0 Å². The van der Waals surface area contributed by atoms with Gasteiger partial charge in [0.2, 0.25) is 0 Å². The van der Waals surface area contributed by atoms with Crippen molar-refractivity contribution in [2.24, 2.45) is 0 Å². The summed E-state index contributed by atoms with van der Waals surface area (Å²) < 4.78 is 0. The Morgan fingerprint density at radius 1 is 0.742 bits per heavy atom. The fourth-order valence-corrected chi connectivity index (χ4v) is 3.08. The average Bonchev–Trinajstić information content (AvgIpc) is 2.76. The second-order valence-corrected chi connectivity index (χ2v) is 7.81. The second kappa shape index (κ2) is 22.3. The second-order valence-electron chi connectivity index (χ2n) is 7.81. The van der Waals surface area contributed by atoms with E-state index in [-0.39, 0.29) is 0 Å². The molecule has 4 heteroatoms. The van der Waals surface area contributed by atoms with Crippen LogP contribution in [-0.2, 0) is 9.59 Å². The maximum atomic E-state index is 10.3. The summed E-state index contributed by atoms with van der Waals surface area (Å²) in [5.74, 6) is -1.59. The molecule has 0 aromatic heterocycles. The zero-order chi connectivity index (χ0) is 23.0. The van der Waals surface area contributed by atoms with E-state index < -0.39 is 11.9 Å². The maximum absolute atomic E-state index is 10.3. The molecule has 0 radical (unpaired) electrons. The van der Waals surface area contributed by atoms with Gasteiger partial charge in [0.25, 0.3) is 0 Å². The Kier molecular flexibility index (Phi) is 20.6. The molecule has 174 valence electrons. The molecule has 2 N–H and O–H groups in total. The third kappa shape index (κ3) is 23.8. The van der Waals surface area contributed by atoms with Gasteiger partial charge in [0.15, 0.2) is 0 Å². The molecule has 0 aliphatic heterocycles. The van der Waals surface area contributed by atoms with Gasteiger partial charge in [-0.3, -0.25) is 4.79 Å². The Bertz CT molecular complexity index is 605. The smallest absolute Gasteiger partial charge is 0.328 e. The summed E-state index contributed by atoms with van der Waals surface area (Å²) in [7, 11) is 0. The van der Waals surface area contributed by atoms with Gasteiger partial charge in [-0.15, -0.1) is 0 Å². The zero-order valence-corrected chi connectivity index (χ0v) is 19.3. The number of carbonyl (C=O) groups is 2. The Morgan fingerprint density at radius 2 is 1.26 bits per heavy atom. The van der Waals surface area contributed by atoms with Crippen molar-refractivity contribution in [2.45, 2.75) is 96.8 Å². The molecule has 1 aromatic carbocycles. The SMILES string of the molecule is CCCCCCCCC=CCCCCCCCC(=O)O.O=C(O)C=Cc1ccccc1. The van der Waals surface area contributed by atoms with E-state index in [1.54, 1.807) is 6.08 Å². The quantitative estimate of drug-likeness (QED) is 0.150. The van der Waals surface area contributed by atoms with Crippen LogP contribution >= 0.6 is 0 Å². The van der Waals surface area contributed by atoms with E-state index in [2.05, 4.69) is 19.1 Å². The van der Waals surface area contributed by atoms with Crippen LogP contribution in [0.5, 0.6) is 0 Å². The normalized spacial score (nSPS) is 10.9. The molecular formula is C27H42O4. The summed E-state index contributed by atoms with van der Waals surface area (Å²) in [5.41, 5.74) is 0.898. The Balaban J connectivity index is 0.000000683. The van der Waals surface area contributed by atoms with Crippen molar-refractivity contribution in [3.05, 3.63) is 54.1 Å². The van der Waals surface area contributed by atoms with Gasteiger partial charge in [-0.25, -0.2) is 4.79 Å². The molecule has 0 fully saturated rings. The van der Waals surface area contributed by atoms with Gasteiger partial charge in [-0.2, -0.15) is 0 Å². The van der Waals surface area contributed by atoms with E-state index in [4.69, 9.17) is 10.2 Å². The minimum Gasteiger partial charge on any atom is -0.481 e. The van der Waals surface area contributed by atoms with Gasteiger partial charge in [0.05, 0.1) is 0 Å². The van der Waals surface area contributed by atoms with Gasteiger partial charge in [-0.05, 0) is 43.7 Å². The molecule has 0 spiro atoms. The minimum absolute atomic E-state index is 0.332. The molecule has 0 amide bonds. The van der Waals surface area contributed by atoms with E-state index in [0.29, 0.717) is 6.42 Å². The van der Waals surface area contributed by atoms with Gasteiger partial charge in [-0.1, -0.05) is 101 Å². The molecule has 0 heterocycles. The first kappa shape index (κ1) is 28.6. The van der Waals surface area contributed by atoms with E-state index in [9.17, 15) is 9.59 Å². The van der Waals surface area contributed by atoms with Gasteiger partial charge < -0.3 is 10.2 Å². The molecule has 0 aliphatic rings. The lowest BCUT2D eigenvalue weighted by atomic mass is 10.1. The molecule has 1 aromatic rings. The number of unbranched alkanes of at least 4 members (excludes halogenated alkanes) is 11. The summed E-state index contributed by atoms with van der Waals surface area (Å²) in [5, 5.41) is 16.8. The monoisotopic (exact) mass is 430 g/mol. The lowest BCUT2D eigenvalue weighted by Crippen LogP contribution is -1.93. The van der Waals surface area contributed by atoms with Crippen LogP contribution < -0.4 is 0 Å². The van der Waals surface area contributed by atoms with Crippen molar-refractivity contribution >= 4 is 18.0 Å². The van der Waals surface area contributed by atoms with E-state index >= 15 is 0 Å². The summed E-state index contributed by atoms with van der Waals surface area (Å²) in [4.78, 5) is 20.4. The van der Waals surface area contributed by atoms with Crippen LogP contribution in [0.25, 0.3) is 6.08 Å². The Morgan fingerprint density at radius 3 is 1.77 bits per heavy atom. The lowest BCUT2D eigenvalue weighted by molar-refractivity contribution is -0.137. The molecule has 0 unspecified atom stereocenters. The first-order chi connectivity index (χ1) is 15.1. The number of rotatable bonds is 17. The van der Waals surface area contributed by atoms with Crippen LogP contribution in [-0.4, -0.2) is 22.2 Å². The predicted molar refractivity (Wildman–Crippen MR) is 130 cm³/mol. The summed E-state index contributed by atoms with van der Waals surface area (Å²) in [6, 6.07) is 9.31. The fourth-order valence-electron chi connectivity index (χ4n) is 3.08. The maximum Gasteiger partial charge on any atom is 0.328 e. The number of carboxylic acid groups (broad SMARTS) is 2. The average molecular weight is 431 g/mol. The number of allylic oxidation sites excluding steroid dienone is 2. The zero-order valence-electron chi connectivity index (χ0n) is 19.3. The van der Waals surface area contributed by atoms with E-state index in [1.807, 2.05) is 30.3 Å². The minimum atomic E-state index is -0.922. The summed E-state index contributed by atoms with van der Waals surface area (Å²) >= 11 is 0. The van der Waals surface area contributed by atoms with Crippen LogP contribution in [0.15, 0.2) is 48.6 Å². The van der Waals surface area contributed by atoms with Crippen molar-refractivity contribution < 1.29 is 19.8 Å². The van der Waals surface area contributed by atoms with Gasteiger partial charge in [0.1, 0.15) is 0 Å². The van der Waals surface area contributed by atoms with E-state index in [1.165, 1.54) is 70.6 Å². The molecule has 1 rings (SSSR count). The molecule has 0 saturated heterocycles. The number of hydrogen-bond donors (Lipinski definition) is 2. The molecule has 4 nitrogen and oxygen atoms in total. The highest BCUT2D eigenvalue weighted by Gasteiger charge is 1.95. The van der Waals surface area contributed by atoms with Crippen molar-refractivity contribution in [1.29, 1.82) is 0 Å². The standard InChI is InChI=1S/C18H34O2.C9H8O2/c1-2-3-4-5-6-7-8-9-10-11-12-13-14-15-16-17-18(19)20;10-9(11)7-6-8-4-2-1-3-5-8/h9-10H,2-8,11-17H2,1H3,(H,19,20);1-7H,(H,10,11). The molecule has 0 bridgehead atoms. The molecule has 0 atom stereocenters. The number of carboxylic acids is 2. The highest BCUT2D eigenvalue weighted by Crippen LogP contribution is 2.09. The van der Waals surface area contributed by atoms with E-state index in [0.717, 1.165) is 24.5 Å². The van der Waals surface area contributed by atoms with Crippen LogP contribution in [0.1, 0.15) is 102 Å². The Hall–Kier alpha value is -2.36. The third-order valence-corrected chi connectivity index (χ3v) is 4.87. The van der Waals surface area contributed by atoms with Crippen molar-refractivity contribution in [1.82, 2.24) is 0 Å². The number of hydrogen-bond acceptors (Lipinski definition) is 2. The van der Waals surface area contributed by atoms with Crippen LogP contribution in [0.2, 0.25) is 0 Å². The summed E-state index contributed by atoms with van der Waals surface area (Å²) in [6.45, 7) is 2.26. The molecular weight excluding hydrogens is 388 g/mol. The van der Waals surface area contributed by atoms with Crippen LogP contribution in [0.4, 0.5) is 0 Å². The Labute approximate surface area is 189 Å².